The number of ether oxygens (including phenoxy) is 1. The molecule has 102 valence electrons. The summed E-state index contributed by atoms with van der Waals surface area (Å²) in [5.74, 6) is 0.664. The molecule has 3 nitrogen and oxygen atoms in total. The average molecular weight is 260 g/mol. The Morgan fingerprint density at radius 1 is 1.37 bits per heavy atom. The van der Waals surface area contributed by atoms with E-state index in [1.54, 1.807) is 0 Å². The summed E-state index contributed by atoms with van der Waals surface area (Å²) in [4.78, 5) is 11.2. The minimum atomic E-state index is -0.607. The number of aliphatic carboxylic acids is 1. The molecule has 1 fully saturated rings. The van der Waals surface area contributed by atoms with Gasteiger partial charge in [0.15, 0.2) is 0 Å². The molecule has 0 spiro atoms. The van der Waals surface area contributed by atoms with E-state index in [0.717, 1.165) is 50.9 Å². The van der Waals surface area contributed by atoms with Crippen LogP contribution >= 0.6 is 0 Å². The number of carboxylic acid groups (broad SMARTS) is 1. The molecule has 0 aromatic heterocycles. The second-order valence-electron chi connectivity index (χ2n) is 5.71. The lowest BCUT2D eigenvalue weighted by Crippen LogP contribution is -2.18. The molecular formula is C16H20O3. The van der Waals surface area contributed by atoms with Gasteiger partial charge >= 0.3 is 5.97 Å². The maximum atomic E-state index is 11.2. The van der Waals surface area contributed by atoms with E-state index < -0.39 is 5.97 Å². The lowest BCUT2D eigenvalue weighted by Gasteiger charge is -2.15. The van der Waals surface area contributed by atoms with Crippen LogP contribution in [-0.4, -0.2) is 17.7 Å². The summed E-state index contributed by atoms with van der Waals surface area (Å²) in [6.45, 7) is 0.794. The largest absolute Gasteiger partial charge is 0.493 e. The molecule has 3 heteroatoms. The van der Waals surface area contributed by atoms with E-state index in [2.05, 4.69) is 18.2 Å². The van der Waals surface area contributed by atoms with E-state index in [0.29, 0.717) is 5.92 Å². The van der Waals surface area contributed by atoms with Crippen molar-refractivity contribution >= 4 is 5.97 Å². The highest BCUT2D eigenvalue weighted by atomic mass is 16.5. The first-order chi connectivity index (χ1) is 9.24. The molecule has 0 radical (unpaired) electrons. The van der Waals surface area contributed by atoms with Crippen LogP contribution in [0, 0.1) is 11.8 Å². The maximum Gasteiger partial charge on any atom is 0.306 e. The molecule has 0 amide bonds. The van der Waals surface area contributed by atoms with Gasteiger partial charge in [-0.2, -0.15) is 0 Å². The van der Waals surface area contributed by atoms with Gasteiger partial charge in [-0.25, -0.2) is 0 Å². The zero-order valence-corrected chi connectivity index (χ0v) is 11.1. The summed E-state index contributed by atoms with van der Waals surface area (Å²) in [6, 6.07) is 6.41. The first-order valence-corrected chi connectivity index (χ1v) is 7.21. The van der Waals surface area contributed by atoms with Crippen molar-refractivity contribution in [3.05, 3.63) is 29.3 Å². The predicted octanol–water partition coefficient (Wildman–Crippen LogP) is 3.06. The molecule has 3 rings (SSSR count). The minimum Gasteiger partial charge on any atom is -0.493 e. The molecule has 19 heavy (non-hydrogen) atoms. The third kappa shape index (κ3) is 2.60. The Kier molecular flexibility index (Phi) is 3.45. The SMILES string of the molecule is O=C(O)C1CCCC1CCc1ccc2c(c1)CCO2. The van der Waals surface area contributed by atoms with Crippen molar-refractivity contribution in [3.63, 3.8) is 0 Å². The molecule has 1 aromatic rings. The quantitative estimate of drug-likeness (QED) is 0.905. The highest BCUT2D eigenvalue weighted by Gasteiger charge is 2.32. The first-order valence-electron chi connectivity index (χ1n) is 7.21. The minimum absolute atomic E-state index is 0.113. The number of hydrogen-bond donors (Lipinski definition) is 1. The Labute approximate surface area is 113 Å². The highest BCUT2D eigenvalue weighted by molar-refractivity contribution is 5.70. The smallest absolute Gasteiger partial charge is 0.306 e. The van der Waals surface area contributed by atoms with Crippen molar-refractivity contribution in [2.75, 3.05) is 6.61 Å². The van der Waals surface area contributed by atoms with Gasteiger partial charge < -0.3 is 9.84 Å². The summed E-state index contributed by atoms with van der Waals surface area (Å²) in [5.41, 5.74) is 2.62. The highest BCUT2D eigenvalue weighted by Crippen LogP contribution is 2.35. The van der Waals surface area contributed by atoms with E-state index >= 15 is 0 Å². The molecule has 0 saturated heterocycles. The maximum absolute atomic E-state index is 11.2. The van der Waals surface area contributed by atoms with Gasteiger partial charge in [-0.05, 0) is 48.8 Å². The molecule has 2 atom stereocenters. The Balaban J connectivity index is 1.61. The van der Waals surface area contributed by atoms with Crippen LogP contribution in [0.3, 0.4) is 0 Å². The third-order valence-corrected chi connectivity index (χ3v) is 4.53. The molecule has 1 aliphatic heterocycles. The van der Waals surface area contributed by atoms with Crippen LogP contribution in [0.2, 0.25) is 0 Å². The lowest BCUT2D eigenvalue weighted by atomic mass is 9.90. The summed E-state index contributed by atoms with van der Waals surface area (Å²) in [7, 11) is 0. The fourth-order valence-corrected chi connectivity index (χ4v) is 3.45. The number of carbonyl (C=O) groups is 1. The molecule has 1 N–H and O–H groups in total. The van der Waals surface area contributed by atoms with Crippen LogP contribution in [0.1, 0.15) is 36.8 Å². The van der Waals surface area contributed by atoms with Gasteiger partial charge in [0.05, 0.1) is 12.5 Å². The van der Waals surface area contributed by atoms with Gasteiger partial charge in [0.2, 0.25) is 0 Å². The number of carboxylic acids is 1. The van der Waals surface area contributed by atoms with E-state index in [4.69, 9.17) is 4.74 Å². The van der Waals surface area contributed by atoms with Gasteiger partial charge in [0.1, 0.15) is 5.75 Å². The van der Waals surface area contributed by atoms with Gasteiger partial charge in [-0.3, -0.25) is 4.79 Å². The van der Waals surface area contributed by atoms with E-state index in [-0.39, 0.29) is 5.92 Å². The fourth-order valence-electron chi connectivity index (χ4n) is 3.45. The zero-order chi connectivity index (χ0) is 13.2. The van der Waals surface area contributed by atoms with E-state index in [9.17, 15) is 9.90 Å². The third-order valence-electron chi connectivity index (χ3n) is 4.53. The van der Waals surface area contributed by atoms with Crippen LogP contribution in [0.25, 0.3) is 0 Å². The van der Waals surface area contributed by atoms with Gasteiger partial charge in [-0.15, -0.1) is 0 Å². The van der Waals surface area contributed by atoms with E-state index in [1.165, 1.54) is 11.1 Å². The summed E-state index contributed by atoms with van der Waals surface area (Å²) < 4.78 is 5.50. The van der Waals surface area contributed by atoms with Crippen LogP contribution in [-0.2, 0) is 17.6 Å². The zero-order valence-electron chi connectivity index (χ0n) is 11.1. The van der Waals surface area contributed by atoms with Gasteiger partial charge in [-0.1, -0.05) is 18.6 Å². The number of fused-ring (bicyclic) bond motifs is 1. The monoisotopic (exact) mass is 260 g/mol. The Hall–Kier alpha value is -1.51. The molecule has 2 unspecified atom stereocenters. The Morgan fingerprint density at radius 3 is 3.11 bits per heavy atom. The Morgan fingerprint density at radius 2 is 2.26 bits per heavy atom. The van der Waals surface area contributed by atoms with Crippen molar-refractivity contribution in [1.29, 1.82) is 0 Å². The summed E-state index contributed by atoms with van der Waals surface area (Å²) in [6.07, 6.45) is 5.99. The number of benzene rings is 1. The van der Waals surface area contributed by atoms with Crippen molar-refractivity contribution in [2.24, 2.45) is 11.8 Å². The average Bonchev–Trinajstić information content (AvgIpc) is 3.04. The molecule has 1 heterocycles. The molecule has 1 aromatic carbocycles. The van der Waals surface area contributed by atoms with Crippen LogP contribution in [0.5, 0.6) is 5.75 Å². The first kappa shape index (κ1) is 12.5. The van der Waals surface area contributed by atoms with Crippen molar-refractivity contribution < 1.29 is 14.6 Å². The van der Waals surface area contributed by atoms with Gasteiger partial charge in [0.25, 0.3) is 0 Å². The summed E-state index contributed by atoms with van der Waals surface area (Å²) >= 11 is 0. The van der Waals surface area contributed by atoms with Crippen molar-refractivity contribution in [2.45, 2.75) is 38.5 Å². The number of hydrogen-bond acceptors (Lipinski definition) is 2. The summed E-state index contributed by atoms with van der Waals surface area (Å²) in [5, 5.41) is 9.19. The topological polar surface area (TPSA) is 46.5 Å². The van der Waals surface area contributed by atoms with E-state index in [1.807, 2.05) is 0 Å². The standard InChI is InChI=1S/C16H20O3/c17-16(18)14-3-1-2-12(14)6-4-11-5-7-15-13(10-11)8-9-19-15/h5,7,10,12,14H,1-4,6,8-9H2,(H,17,18). The molecule has 1 saturated carbocycles. The van der Waals surface area contributed by atoms with Crippen LogP contribution in [0.15, 0.2) is 18.2 Å². The van der Waals surface area contributed by atoms with Gasteiger partial charge in [0, 0.05) is 6.42 Å². The van der Waals surface area contributed by atoms with Crippen LogP contribution in [0.4, 0.5) is 0 Å². The molecular weight excluding hydrogens is 240 g/mol. The molecule has 0 bridgehead atoms. The predicted molar refractivity (Wildman–Crippen MR) is 72.4 cm³/mol. The number of aryl methyl sites for hydroxylation is 1. The lowest BCUT2D eigenvalue weighted by molar-refractivity contribution is -0.143. The molecule has 1 aliphatic carbocycles. The van der Waals surface area contributed by atoms with Crippen molar-refractivity contribution in [1.82, 2.24) is 0 Å². The Bertz CT molecular complexity index is 481. The second-order valence-corrected chi connectivity index (χ2v) is 5.71. The van der Waals surface area contributed by atoms with Crippen molar-refractivity contribution in [3.8, 4) is 5.75 Å². The van der Waals surface area contributed by atoms with Crippen LogP contribution < -0.4 is 4.74 Å². The number of rotatable bonds is 4. The fraction of sp³-hybridized carbons (Fsp3) is 0.562. The second kappa shape index (κ2) is 5.24. The molecule has 2 aliphatic rings. The normalized spacial score (nSPS) is 25.1.